The summed E-state index contributed by atoms with van der Waals surface area (Å²) in [6.45, 7) is 3.40. The maximum absolute atomic E-state index is 13.9. The molecular formula is C18H16FN5O2. The van der Waals surface area contributed by atoms with Gasteiger partial charge in [0.15, 0.2) is 5.82 Å². The molecule has 2 aromatic heterocycles. The lowest BCUT2D eigenvalue weighted by atomic mass is 10.1. The SMILES string of the molecule is Cc1cc(NC(=O)CN(C)c2c(C#N)cnc3c(C)cc(F)cc23)no1. The van der Waals surface area contributed by atoms with Gasteiger partial charge >= 0.3 is 0 Å². The molecule has 7 nitrogen and oxygen atoms in total. The number of amides is 1. The van der Waals surface area contributed by atoms with Gasteiger partial charge in [0.25, 0.3) is 0 Å². The first kappa shape index (κ1) is 17.4. The lowest BCUT2D eigenvalue weighted by Crippen LogP contribution is -2.31. The van der Waals surface area contributed by atoms with Crippen LogP contribution >= 0.6 is 0 Å². The van der Waals surface area contributed by atoms with Gasteiger partial charge in [-0.15, -0.1) is 0 Å². The van der Waals surface area contributed by atoms with Crippen LogP contribution in [0.1, 0.15) is 16.9 Å². The number of fused-ring (bicyclic) bond motifs is 1. The second-order valence-corrected chi connectivity index (χ2v) is 5.98. The molecule has 3 aromatic rings. The van der Waals surface area contributed by atoms with E-state index in [1.54, 1.807) is 31.9 Å². The topological polar surface area (TPSA) is 95.1 Å². The van der Waals surface area contributed by atoms with Crippen molar-refractivity contribution in [3.63, 3.8) is 0 Å². The minimum absolute atomic E-state index is 0.0603. The van der Waals surface area contributed by atoms with Gasteiger partial charge in [0.05, 0.1) is 23.3 Å². The number of carbonyl (C=O) groups excluding carboxylic acids is 1. The highest BCUT2D eigenvalue weighted by atomic mass is 19.1. The Morgan fingerprint density at radius 1 is 1.38 bits per heavy atom. The molecule has 26 heavy (non-hydrogen) atoms. The molecule has 8 heteroatoms. The maximum Gasteiger partial charge on any atom is 0.245 e. The number of nitriles is 1. The van der Waals surface area contributed by atoms with Gasteiger partial charge in [-0.1, -0.05) is 5.16 Å². The number of aromatic nitrogens is 2. The zero-order chi connectivity index (χ0) is 18.8. The van der Waals surface area contributed by atoms with Crippen molar-refractivity contribution in [3.8, 4) is 6.07 Å². The third-order valence-corrected chi connectivity index (χ3v) is 3.88. The van der Waals surface area contributed by atoms with Gasteiger partial charge in [-0.05, 0) is 31.5 Å². The molecule has 0 unspecified atom stereocenters. The largest absolute Gasteiger partial charge is 0.364 e. The van der Waals surface area contributed by atoms with E-state index in [4.69, 9.17) is 4.52 Å². The van der Waals surface area contributed by atoms with Crippen LogP contribution in [-0.4, -0.2) is 29.6 Å². The van der Waals surface area contributed by atoms with Gasteiger partial charge in [-0.3, -0.25) is 9.78 Å². The van der Waals surface area contributed by atoms with Crippen molar-refractivity contribution in [1.29, 1.82) is 5.26 Å². The van der Waals surface area contributed by atoms with Crippen molar-refractivity contribution in [2.24, 2.45) is 0 Å². The minimum Gasteiger partial charge on any atom is -0.364 e. The van der Waals surface area contributed by atoms with Gasteiger partial charge in [-0.25, -0.2) is 4.39 Å². The van der Waals surface area contributed by atoms with Gasteiger partial charge in [-0.2, -0.15) is 5.26 Å². The van der Waals surface area contributed by atoms with E-state index in [1.807, 2.05) is 6.07 Å². The summed E-state index contributed by atoms with van der Waals surface area (Å²) in [6, 6.07) is 6.34. The Kier molecular flexibility index (Phi) is 4.54. The summed E-state index contributed by atoms with van der Waals surface area (Å²) in [5.74, 6) is 0.112. The Morgan fingerprint density at radius 3 is 2.81 bits per heavy atom. The zero-order valence-corrected chi connectivity index (χ0v) is 14.5. The molecule has 0 aliphatic carbocycles. The second-order valence-electron chi connectivity index (χ2n) is 5.98. The Hall–Kier alpha value is -3.47. The molecular weight excluding hydrogens is 337 g/mol. The molecule has 0 aliphatic rings. The molecule has 0 spiro atoms. The zero-order valence-electron chi connectivity index (χ0n) is 14.5. The lowest BCUT2D eigenvalue weighted by molar-refractivity contribution is -0.115. The molecule has 1 aromatic carbocycles. The van der Waals surface area contributed by atoms with Crippen molar-refractivity contribution in [2.75, 3.05) is 23.8 Å². The van der Waals surface area contributed by atoms with Crippen molar-refractivity contribution in [3.05, 3.63) is 47.1 Å². The number of nitrogens with one attached hydrogen (secondary N) is 1. The van der Waals surface area contributed by atoms with Crippen molar-refractivity contribution in [1.82, 2.24) is 10.1 Å². The third-order valence-electron chi connectivity index (χ3n) is 3.88. The Balaban J connectivity index is 1.95. The van der Waals surface area contributed by atoms with Crippen LogP contribution in [0.2, 0.25) is 0 Å². The molecule has 0 saturated heterocycles. The Bertz CT molecular complexity index is 1040. The predicted octanol–water partition coefficient (Wildman–Crippen LogP) is 2.93. The van der Waals surface area contributed by atoms with Crippen LogP contribution in [0.25, 0.3) is 10.9 Å². The quantitative estimate of drug-likeness (QED) is 0.775. The minimum atomic E-state index is -0.427. The molecule has 0 radical (unpaired) electrons. The van der Waals surface area contributed by atoms with E-state index < -0.39 is 5.82 Å². The summed E-state index contributed by atoms with van der Waals surface area (Å²) in [6.07, 6.45) is 1.43. The number of benzene rings is 1. The number of hydrogen-bond acceptors (Lipinski definition) is 6. The highest BCUT2D eigenvalue weighted by Crippen LogP contribution is 2.31. The highest BCUT2D eigenvalue weighted by molar-refractivity contribution is 5.99. The van der Waals surface area contributed by atoms with E-state index in [0.29, 0.717) is 33.7 Å². The van der Waals surface area contributed by atoms with Crippen LogP contribution < -0.4 is 10.2 Å². The van der Waals surface area contributed by atoms with E-state index >= 15 is 0 Å². The molecule has 132 valence electrons. The number of aryl methyl sites for hydroxylation is 2. The standard InChI is InChI=1S/C18H16FN5O2/c1-10-4-13(19)6-14-17(10)21-8-12(7-20)18(14)24(3)9-16(25)22-15-5-11(2)26-23-15/h4-6,8H,9H2,1-3H3,(H,22,23,25). The van der Waals surface area contributed by atoms with E-state index in [1.165, 1.54) is 18.3 Å². The molecule has 0 fully saturated rings. The average Bonchev–Trinajstić information content (AvgIpc) is 2.97. The fourth-order valence-corrected chi connectivity index (χ4v) is 2.82. The second kappa shape index (κ2) is 6.80. The van der Waals surface area contributed by atoms with Crippen LogP contribution in [-0.2, 0) is 4.79 Å². The Labute approximate surface area is 149 Å². The third kappa shape index (κ3) is 3.32. The Morgan fingerprint density at radius 2 is 2.15 bits per heavy atom. The number of anilines is 2. The first-order valence-electron chi connectivity index (χ1n) is 7.82. The summed E-state index contributed by atoms with van der Waals surface area (Å²) < 4.78 is 18.8. The molecule has 2 heterocycles. The summed E-state index contributed by atoms with van der Waals surface area (Å²) >= 11 is 0. The van der Waals surface area contributed by atoms with E-state index in [2.05, 4.69) is 15.5 Å². The van der Waals surface area contributed by atoms with Crippen molar-refractivity contribution >= 4 is 28.3 Å². The predicted molar refractivity (Wildman–Crippen MR) is 94.3 cm³/mol. The molecule has 1 N–H and O–H groups in total. The monoisotopic (exact) mass is 353 g/mol. The molecule has 3 rings (SSSR count). The first-order valence-corrected chi connectivity index (χ1v) is 7.82. The fraction of sp³-hybridized carbons (Fsp3) is 0.222. The van der Waals surface area contributed by atoms with Crippen LogP contribution in [0.5, 0.6) is 0 Å². The summed E-state index contributed by atoms with van der Waals surface area (Å²) in [4.78, 5) is 18.1. The molecule has 0 aliphatic heterocycles. The van der Waals surface area contributed by atoms with Crippen molar-refractivity contribution < 1.29 is 13.7 Å². The van der Waals surface area contributed by atoms with Gasteiger partial charge in [0.1, 0.15) is 17.6 Å². The van der Waals surface area contributed by atoms with E-state index in [-0.39, 0.29) is 18.0 Å². The molecule has 0 bridgehead atoms. The van der Waals surface area contributed by atoms with Crippen LogP contribution in [0.3, 0.4) is 0 Å². The van der Waals surface area contributed by atoms with Crippen LogP contribution in [0.15, 0.2) is 28.9 Å². The van der Waals surface area contributed by atoms with E-state index in [9.17, 15) is 14.4 Å². The number of rotatable bonds is 4. The highest BCUT2D eigenvalue weighted by Gasteiger charge is 2.18. The summed E-state index contributed by atoms with van der Waals surface area (Å²) in [5, 5.41) is 16.2. The average molecular weight is 353 g/mol. The van der Waals surface area contributed by atoms with E-state index in [0.717, 1.165) is 0 Å². The maximum atomic E-state index is 13.9. The smallest absolute Gasteiger partial charge is 0.245 e. The summed E-state index contributed by atoms with van der Waals surface area (Å²) in [7, 11) is 1.66. The summed E-state index contributed by atoms with van der Waals surface area (Å²) in [5.41, 5.74) is 1.95. The molecule has 0 atom stereocenters. The number of nitrogens with zero attached hydrogens (tertiary/aromatic N) is 4. The van der Waals surface area contributed by atoms with Crippen LogP contribution in [0.4, 0.5) is 15.9 Å². The number of hydrogen-bond donors (Lipinski definition) is 1. The van der Waals surface area contributed by atoms with Crippen molar-refractivity contribution in [2.45, 2.75) is 13.8 Å². The number of pyridine rings is 1. The molecule has 0 saturated carbocycles. The van der Waals surface area contributed by atoms with Gasteiger partial charge in [0.2, 0.25) is 5.91 Å². The number of likely N-dealkylation sites (N-methyl/N-ethyl adjacent to an activating group) is 1. The first-order chi connectivity index (χ1) is 12.4. The van der Waals surface area contributed by atoms with Gasteiger partial charge < -0.3 is 14.7 Å². The van der Waals surface area contributed by atoms with Crippen LogP contribution in [0, 0.1) is 31.0 Å². The molecule has 1 amide bonds. The number of carbonyl (C=O) groups is 1. The fourth-order valence-electron chi connectivity index (χ4n) is 2.82. The normalized spacial score (nSPS) is 10.6. The lowest BCUT2D eigenvalue weighted by Gasteiger charge is -2.22. The number of halogens is 1. The van der Waals surface area contributed by atoms with Gasteiger partial charge in [0, 0.05) is 24.7 Å².